The zero-order valence-electron chi connectivity index (χ0n) is 11.3. The van der Waals surface area contributed by atoms with Gasteiger partial charge in [-0.1, -0.05) is 45.6 Å². The highest BCUT2D eigenvalue weighted by atomic mass is 14.9. The Morgan fingerprint density at radius 1 is 1.24 bits per heavy atom. The van der Waals surface area contributed by atoms with Gasteiger partial charge in [-0.3, -0.25) is 4.98 Å². The molecule has 0 aliphatic rings. The second-order valence-corrected chi connectivity index (χ2v) is 4.91. The minimum Gasteiger partial charge on any atom is -0.311 e. The summed E-state index contributed by atoms with van der Waals surface area (Å²) >= 11 is 0. The van der Waals surface area contributed by atoms with E-state index in [9.17, 15) is 0 Å². The number of nitrogens with one attached hydrogen (secondary N) is 1. The number of hydrogen-bond donors (Lipinski definition) is 1. The zero-order valence-corrected chi connectivity index (χ0v) is 11.3. The van der Waals surface area contributed by atoms with Gasteiger partial charge in [0.05, 0.1) is 5.69 Å². The molecule has 1 atom stereocenters. The fraction of sp³-hybridized carbons (Fsp3) is 0.667. The minimum absolute atomic E-state index is 0.774. The van der Waals surface area contributed by atoms with Crippen molar-refractivity contribution in [1.82, 2.24) is 10.3 Å². The number of rotatable bonds is 9. The van der Waals surface area contributed by atoms with Crippen molar-refractivity contribution in [2.75, 3.05) is 6.54 Å². The molecule has 0 amide bonds. The maximum Gasteiger partial charge on any atom is 0.0541 e. The first-order valence-corrected chi connectivity index (χ1v) is 6.93. The highest BCUT2D eigenvalue weighted by Gasteiger charge is 2.01. The van der Waals surface area contributed by atoms with Crippen molar-refractivity contribution in [1.29, 1.82) is 0 Å². The first kappa shape index (κ1) is 14.2. The van der Waals surface area contributed by atoms with Crippen LogP contribution in [0.25, 0.3) is 0 Å². The summed E-state index contributed by atoms with van der Waals surface area (Å²) in [5, 5.41) is 3.48. The van der Waals surface area contributed by atoms with Crippen LogP contribution in [-0.4, -0.2) is 11.5 Å². The standard InChI is InChI=1S/C15H26N2/c1-3-4-5-6-9-14(2)12-16-13-15-10-7-8-11-17-15/h7-8,10-11,14,16H,3-6,9,12-13H2,1-2H3. The van der Waals surface area contributed by atoms with Crippen LogP contribution in [0.1, 0.15) is 51.6 Å². The molecular weight excluding hydrogens is 208 g/mol. The average Bonchev–Trinajstić information content (AvgIpc) is 2.36. The Bertz CT molecular complexity index is 272. The van der Waals surface area contributed by atoms with Crippen LogP contribution in [0.2, 0.25) is 0 Å². The van der Waals surface area contributed by atoms with Crippen molar-refractivity contribution in [2.45, 2.75) is 52.5 Å². The predicted octanol–water partition coefficient (Wildman–Crippen LogP) is 3.78. The van der Waals surface area contributed by atoms with E-state index in [0.717, 1.165) is 24.7 Å². The third kappa shape index (κ3) is 7.11. The molecule has 2 nitrogen and oxygen atoms in total. The normalized spacial score (nSPS) is 12.6. The van der Waals surface area contributed by atoms with E-state index in [-0.39, 0.29) is 0 Å². The molecule has 2 heteroatoms. The van der Waals surface area contributed by atoms with Gasteiger partial charge in [-0.25, -0.2) is 0 Å². The van der Waals surface area contributed by atoms with E-state index >= 15 is 0 Å². The molecule has 1 aromatic rings. The summed E-state index contributed by atoms with van der Waals surface area (Å²) in [6, 6.07) is 6.07. The fourth-order valence-electron chi connectivity index (χ4n) is 1.97. The molecule has 0 spiro atoms. The zero-order chi connectivity index (χ0) is 12.3. The van der Waals surface area contributed by atoms with Gasteiger partial charge in [0.15, 0.2) is 0 Å². The lowest BCUT2D eigenvalue weighted by molar-refractivity contribution is 0.452. The third-order valence-corrected chi connectivity index (χ3v) is 3.08. The van der Waals surface area contributed by atoms with Crippen molar-refractivity contribution in [3.8, 4) is 0 Å². The lowest BCUT2D eigenvalue weighted by Gasteiger charge is -2.12. The Balaban J connectivity index is 2.02. The third-order valence-electron chi connectivity index (χ3n) is 3.08. The van der Waals surface area contributed by atoms with E-state index in [0.29, 0.717) is 0 Å². The van der Waals surface area contributed by atoms with E-state index < -0.39 is 0 Å². The number of unbranched alkanes of at least 4 members (excludes halogenated alkanes) is 3. The molecule has 0 aromatic carbocycles. The van der Waals surface area contributed by atoms with Gasteiger partial charge in [0.25, 0.3) is 0 Å². The molecule has 0 saturated heterocycles. The quantitative estimate of drug-likeness (QED) is 0.658. The molecule has 0 saturated carbocycles. The predicted molar refractivity (Wildman–Crippen MR) is 73.9 cm³/mol. The summed E-state index contributed by atoms with van der Waals surface area (Å²) < 4.78 is 0. The maximum atomic E-state index is 4.30. The Labute approximate surface area is 106 Å². The minimum atomic E-state index is 0.774. The summed E-state index contributed by atoms with van der Waals surface area (Å²) in [5.41, 5.74) is 1.13. The number of nitrogens with zero attached hydrogens (tertiary/aromatic N) is 1. The monoisotopic (exact) mass is 234 g/mol. The van der Waals surface area contributed by atoms with Gasteiger partial charge < -0.3 is 5.32 Å². The molecular formula is C15H26N2. The molecule has 0 radical (unpaired) electrons. The summed E-state index contributed by atoms with van der Waals surface area (Å²) in [4.78, 5) is 4.30. The largest absolute Gasteiger partial charge is 0.311 e. The van der Waals surface area contributed by atoms with Crippen LogP contribution in [0.3, 0.4) is 0 Å². The first-order chi connectivity index (χ1) is 8.33. The summed E-state index contributed by atoms with van der Waals surface area (Å²) in [7, 11) is 0. The Morgan fingerprint density at radius 2 is 2.12 bits per heavy atom. The fourth-order valence-corrected chi connectivity index (χ4v) is 1.97. The van der Waals surface area contributed by atoms with Crippen LogP contribution in [0.15, 0.2) is 24.4 Å². The van der Waals surface area contributed by atoms with Gasteiger partial charge in [0.2, 0.25) is 0 Å². The molecule has 1 N–H and O–H groups in total. The van der Waals surface area contributed by atoms with E-state index in [1.807, 2.05) is 18.3 Å². The highest BCUT2D eigenvalue weighted by molar-refractivity contribution is 5.02. The van der Waals surface area contributed by atoms with Crippen molar-refractivity contribution in [2.24, 2.45) is 5.92 Å². The van der Waals surface area contributed by atoms with E-state index in [1.165, 1.54) is 32.1 Å². The first-order valence-electron chi connectivity index (χ1n) is 6.93. The molecule has 96 valence electrons. The highest BCUT2D eigenvalue weighted by Crippen LogP contribution is 2.09. The summed E-state index contributed by atoms with van der Waals surface area (Å²) in [6.45, 7) is 6.58. The second kappa shape index (κ2) is 9.17. The smallest absolute Gasteiger partial charge is 0.0541 e. The SMILES string of the molecule is CCCCCCC(C)CNCc1ccccn1. The van der Waals surface area contributed by atoms with Crippen molar-refractivity contribution in [3.05, 3.63) is 30.1 Å². The molecule has 0 aliphatic carbocycles. The molecule has 0 aliphatic heterocycles. The van der Waals surface area contributed by atoms with Crippen LogP contribution in [0, 0.1) is 5.92 Å². The van der Waals surface area contributed by atoms with Crippen LogP contribution in [0.4, 0.5) is 0 Å². The van der Waals surface area contributed by atoms with E-state index in [1.54, 1.807) is 0 Å². The molecule has 1 heterocycles. The molecule has 17 heavy (non-hydrogen) atoms. The summed E-state index contributed by atoms with van der Waals surface area (Å²) in [6.07, 6.45) is 8.67. The van der Waals surface area contributed by atoms with Gasteiger partial charge in [-0.05, 0) is 31.0 Å². The van der Waals surface area contributed by atoms with Crippen LogP contribution < -0.4 is 5.32 Å². The van der Waals surface area contributed by atoms with Gasteiger partial charge in [-0.15, -0.1) is 0 Å². The topological polar surface area (TPSA) is 24.9 Å². The second-order valence-electron chi connectivity index (χ2n) is 4.91. The lowest BCUT2D eigenvalue weighted by Crippen LogP contribution is -2.21. The van der Waals surface area contributed by atoms with Crippen molar-refractivity contribution in [3.63, 3.8) is 0 Å². The Morgan fingerprint density at radius 3 is 2.82 bits per heavy atom. The molecule has 0 fully saturated rings. The maximum absolute atomic E-state index is 4.30. The molecule has 1 unspecified atom stereocenters. The Hall–Kier alpha value is -0.890. The van der Waals surface area contributed by atoms with Gasteiger partial charge in [0, 0.05) is 12.7 Å². The molecule has 1 rings (SSSR count). The van der Waals surface area contributed by atoms with Crippen LogP contribution in [0.5, 0.6) is 0 Å². The van der Waals surface area contributed by atoms with Crippen LogP contribution in [-0.2, 0) is 6.54 Å². The average molecular weight is 234 g/mol. The lowest BCUT2D eigenvalue weighted by atomic mass is 10.0. The van der Waals surface area contributed by atoms with Gasteiger partial charge >= 0.3 is 0 Å². The molecule has 0 bridgehead atoms. The molecule has 1 aromatic heterocycles. The van der Waals surface area contributed by atoms with E-state index in [4.69, 9.17) is 0 Å². The van der Waals surface area contributed by atoms with Crippen molar-refractivity contribution < 1.29 is 0 Å². The van der Waals surface area contributed by atoms with Gasteiger partial charge in [0.1, 0.15) is 0 Å². The number of pyridine rings is 1. The number of aromatic nitrogens is 1. The Kier molecular flexibility index (Phi) is 7.65. The van der Waals surface area contributed by atoms with E-state index in [2.05, 4.69) is 30.2 Å². The number of hydrogen-bond acceptors (Lipinski definition) is 2. The van der Waals surface area contributed by atoms with Gasteiger partial charge in [-0.2, -0.15) is 0 Å². The summed E-state index contributed by atoms with van der Waals surface area (Å²) in [5.74, 6) is 0.774. The van der Waals surface area contributed by atoms with Crippen molar-refractivity contribution >= 4 is 0 Å². The van der Waals surface area contributed by atoms with Crippen LogP contribution >= 0.6 is 0 Å².